The molecule has 3 rings (SSSR count). The van der Waals surface area contributed by atoms with Crippen molar-refractivity contribution < 1.29 is 4.79 Å². The fraction of sp³-hybridized carbons (Fsp3) is 0.167. The number of benzene rings is 2. The maximum Gasteiger partial charge on any atom is 0.190 e. The molecule has 0 unspecified atom stereocenters. The number of ketones is 1. The molecular formula is C18H17NO. The van der Waals surface area contributed by atoms with Crippen molar-refractivity contribution >= 4 is 11.9 Å². The van der Waals surface area contributed by atoms with E-state index in [4.69, 9.17) is 0 Å². The van der Waals surface area contributed by atoms with Crippen molar-refractivity contribution in [1.82, 2.24) is 4.90 Å². The van der Waals surface area contributed by atoms with Crippen molar-refractivity contribution in [3.8, 4) is 0 Å². The minimum Gasteiger partial charge on any atom is -0.296 e. The summed E-state index contributed by atoms with van der Waals surface area (Å²) in [4.78, 5) is 14.9. The summed E-state index contributed by atoms with van der Waals surface area (Å²) >= 11 is 0. The first-order valence-electron chi connectivity index (χ1n) is 6.91. The number of nitrogens with zero attached hydrogens (tertiary/aromatic N) is 1. The molecule has 2 aromatic carbocycles. The maximum atomic E-state index is 12.6. The van der Waals surface area contributed by atoms with Gasteiger partial charge in [-0.25, -0.2) is 0 Å². The summed E-state index contributed by atoms with van der Waals surface area (Å²) in [5, 5.41) is 0. The number of carbonyl (C=O) groups is 1. The van der Waals surface area contributed by atoms with Crippen molar-refractivity contribution in [1.29, 1.82) is 0 Å². The van der Waals surface area contributed by atoms with Crippen molar-refractivity contribution in [2.24, 2.45) is 0 Å². The molecule has 1 heterocycles. The molecule has 0 spiro atoms. The molecule has 2 aromatic rings. The molecule has 1 aliphatic heterocycles. The predicted octanol–water partition coefficient (Wildman–Crippen LogP) is 3.27. The van der Waals surface area contributed by atoms with Crippen molar-refractivity contribution in [3.05, 3.63) is 77.4 Å². The monoisotopic (exact) mass is 263 g/mol. The topological polar surface area (TPSA) is 20.1 Å². The molecule has 2 nitrogen and oxygen atoms in total. The first-order valence-corrected chi connectivity index (χ1v) is 6.91. The van der Waals surface area contributed by atoms with Gasteiger partial charge in [0.05, 0.1) is 0 Å². The number of hydrogen-bond donors (Lipinski definition) is 0. The quantitative estimate of drug-likeness (QED) is 0.469. The second-order valence-electron chi connectivity index (χ2n) is 5.05. The van der Waals surface area contributed by atoms with Gasteiger partial charge in [-0.2, -0.15) is 0 Å². The summed E-state index contributed by atoms with van der Waals surface area (Å²) in [7, 11) is 0. The molecule has 0 saturated carbocycles. The highest BCUT2D eigenvalue weighted by Crippen LogP contribution is 2.17. The minimum absolute atomic E-state index is 0.126. The number of hydrogen-bond acceptors (Lipinski definition) is 2. The van der Waals surface area contributed by atoms with Gasteiger partial charge in [-0.15, -0.1) is 0 Å². The molecule has 100 valence electrons. The Bertz CT molecular complexity index is 612. The van der Waals surface area contributed by atoms with Gasteiger partial charge in [0.15, 0.2) is 5.78 Å². The van der Waals surface area contributed by atoms with Crippen molar-refractivity contribution in [2.75, 3.05) is 19.6 Å². The smallest absolute Gasteiger partial charge is 0.190 e. The minimum atomic E-state index is 0.126. The third kappa shape index (κ3) is 3.22. The first kappa shape index (κ1) is 12.8. The van der Waals surface area contributed by atoms with Gasteiger partial charge in [0, 0.05) is 30.8 Å². The molecular weight excluding hydrogens is 246 g/mol. The average Bonchev–Trinajstić information content (AvgIpc) is 3.32. The molecule has 1 saturated heterocycles. The molecule has 0 aliphatic carbocycles. The zero-order valence-corrected chi connectivity index (χ0v) is 11.3. The van der Waals surface area contributed by atoms with E-state index in [0.717, 1.165) is 36.3 Å². The Morgan fingerprint density at radius 2 is 1.55 bits per heavy atom. The zero-order valence-electron chi connectivity index (χ0n) is 11.3. The second kappa shape index (κ2) is 5.85. The number of rotatable bonds is 5. The highest BCUT2D eigenvalue weighted by Gasteiger charge is 2.22. The van der Waals surface area contributed by atoms with Crippen LogP contribution in [0.1, 0.15) is 15.9 Å². The van der Waals surface area contributed by atoms with Crippen LogP contribution in [0.5, 0.6) is 0 Å². The van der Waals surface area contributed by atoms with E-state index < -0.39 is 0 Å². The van der Waals surface area contributed by atoms with Crippen LogP contribution in [-0.4, -0.2) is 30.3 Å². The van der Waals surface area contributed by atoms with Crippen LogP contribution in [0.3, 0.4) is 0 Å². The van der Waals surface area contributed by atoms with E-state index in [2.05, 4.69) is 4.90 Å². The Morgan fingerprint density at radius 3 is 2.15 bits per heavy atom. The molecule has 0 amide bonds. The van der Waals surface area contributed by atoms with Gasteiger partial charge in [0.1, 0.15) is 0 Å². The molecule has 0 atom stereocenters. The molecule has 0 radical (unpaired) electrons. The summed E-state index contributed by atoms with van der Waals surface area (Å²) in [6.45, 7) is 2.92. The van der Waals surface area contributed by atoms with Gasteiger partial charge in [-0.3, -0.25) is 9.69 Å². The largest absolute Gasteiger partial charge is 0.296 e. The van der Waals surface area contributed by atoms with Crippen LogP contribution in [-0.2, 0) is 0 Å². The van der Waals surface area contributed by atoms with E-state index in [1.807, 2.05) is 66.7 Å². The SMILES string of the molecule is O=C(C(=Cc1ccccc1)CN1CC1)c1ccccc1. The standard InChI is InChI=1S/C18H17NO/c20-18(16-9-5-2-6-10-16)17(14-19-11-12-19)13-15-7-3-1-4-8-15/h1-10,13H,11-12,14H2. The van der Waals surface area contributed by atoms with Crippen molar-refractivity contribution in [2.45, 2.75) is 0 Å². The van der Waals surface area contributed by atoms with Gasteiger partial charge in [0.25, 0.3) is 0 Å². The van der Waals surface area contributed by atoms with Gasteiger partial charge in [-0.05, 0) is 11.6 Å². The molecule has 1 aliphatic rings. The average molecular weight is 263 g/mol. The van der Waals surface area contributed by atoms with Crippen LogP contribution in [0.2, 0.25) is 0 Å². The van der Waals surface area contributed by atoms with Crippen LogP contribution in [0, 0.1) is 0 Å². The van der Waals surface area contributed by atoms with Gasteiger partial charge in [-0.1, -0.05) is 60.7 Å². The molecule has 2 heteroatoms. The fourth-order valence-electron chi connectivity index (χ4n) is 2.18. The first-order chi connectivity index (χ1) is 9.83. The lowest BCUT2D eigenvalue weighted by Gasteiger charge is -2.08. The molecule has 1 fully saturated rings. The van der Waals surface area contributed by atoms with E-state index in [-0.39, 0.29) is 5.78 Å². The molecule has 20 heavy (non-hydrogen) atoms. The zero-order chi connectivity index (χ0) is 13.8. The second-order valence-corrected chi connectivity index (χ2v) is 5.05. The summed E-state index contributed by atoms with van der Waals surface area (Å²) < 4.78 is 0. The summed E-state index contributed by atoms with van der Waals surface area (Å²) in [5.41, 5.74) is 2.70. The number of Topliss-reactive ketones (excluding diaryl/α,β-unsaturated/α-hetero) is 1. The lowest BCUT2D eigenvalue weighted by Crippen LogP contribution is -2.12. The Hall–Kier alpha value is -2.19. The maximum absolute atomic E-state index is 12.6. The van der Waals surface area contributed by atoms with E-state index >= 15 is 0 Å². The summed E-state index contributed by atoms with van der Waals surface area (Å²) in [6.07, 6.45) is 2.01. The normalized spacial score (nSPS) is 15.1. The number of carbonyl (C=O) groups excluding carboxylic acids is 1. The Kier molecular flexibility index (Phi) is 3.75. The Labute approximate surface area is 119 Å². The summed E-state index contributed by atoms with van der Waals surface area (Å²) in [6, 6.07) is 19.5. The Balaban J connectivity index is 1.90. The van der Waals surface area contributed by atoms with Gasteiger partial charge < -0.3 is 0 Å². The van der Waals surface area contributed by atoms with Crippen LogP contribution in [0.4, 0.5) is 0 Å². The fourth-order valence-corrected chi connectivity index (χ4v) is 2.18. The molecule has 0 bridgehead atoms. The van der Waals surface area contributed by atoms with E-state index in [1.165, 1.54) is 0 Å². The Morgan fingerprint density at radius 1 is 0.950 bits per heavy atom. The molecule has 0 N–H and O–H groups in total. The third-order valence-electron chi connectivity index (χ3n) is 3.40. The highest BCUT2D eigenvalue weighted by atomic mass is 16.1. The lowest BCUT2D eigenvalue weighted by molar-refractivity contribution is 0.103. The predicted molar refractivity (Wildman–Crippen MR) is 81.6 cm³/mol. The van der Waals surface area contributed by atoms with Crippen molar-refractivity contribution in [3.63, 3.8) is 0 Å². The third-order valence-corrected chi connectivity index (χ3v) is 3.40. The van der Waals surface area contributed by atoms with E-state index in [9.17, 15) is 4.79 Å². The molecule has 0 aromatic heterocycles. The van der Waals surface area contributed by atoms with Gasteiger partial charge in [0.2, 0.25) is 0 Å². The van der Waals surface area contributed by atoms with E-state index in [1.54, 1.807) is 0 Å². The summed E-state index contributed by atoms with van der Waals surface area (Å²) in [5.74, 6) is 0.126. The highest BCUT2D eigenvalue weighted by molar-refractivity contribution is 6.11. The van der Waals surface area contributed by atoms with Crippen LogP contribution < -0.4 is 0 Å². The van der Waals surface area contributed by atoms with Crippen LogP contribution >= 0.6 is 0 Å². The van der Waals surface area contributed by atoms with Crippen LogP contribution in [0.15, 0.2) is 66.2 Å². The van der Waals surface area contributed by atoms with Crippen LogP contribution in [0.25, 0.3) is 6.08 Å². The van der Waals surface area contributed by atoms with E-state index in [0.29, 0.717) is 0 Å². The lowest BCUT2D eigenvalue weighted by atomic mass is 10.0. The van der Waals surface area contributed by atoms with Gasteiger partial charge >= 0.3 is 0 Å².